The van der Waals surface area contributed by atoms with E-state index in [1.807, 2.05) is 66.7 Å². The third kappa shape index (κ3) is 4.18. The Balaban J connectivity index is 1.30. The van der Waals surface area contributed by atoms with Crippen LogP contribution in [-0.4, -0.2) is 29.9 Å². The minimum Gasteiger partial charge on any atom is -0.497 e. The van der Waals surface area contributed by atoms with Gasteiger partial charge in [-0.3, -0.25) is 0 Å². The van der Waals surface area contributed by atoms with Crippen LogP contribution in [0.25, 0.3) is 10.9 Å². The van der Waals surface area contributed by atoms with Crippen molar-refractivity contribution in [3.05, 3.63) is 90.1 Å². The van der Waals surface area contributed by atoms with Crippen LogP contribution in [0.4, 0.5) is 0 Å². The lowest BCUT2D eigenvalue weighted by molar-refractivity contribution is -0.0105. The summed E-state index contributed by atoms with van der Waals surface area (Å²) < 4.78 is 23.0. The van der Waals surface area contributed by atoms with E-state index in [4.69, 9.17) is 18.9 Å². The Hall–Kier alpha value is -3.77. The minimum atomic E-state index is -0.854. The molecule has 1 N–H and O–H groups in total. The summed E-state index contributed by atoms with van der Waals surface area (Å²) >= 11 is 0. The first-order valence-corrected chi connectivity index (χ1v) is 10.4. The van der Waals surface area contributed by atoms with Crippen LogP contribution in [0.3, 0.4) is 0 Å². The van der Waals surface area contributed by atoms with Crippen LogP contribution in [-0.2, 0) is 6.61 Å². The molecular weight excluding hydrogens is 406 g/mol. The molecule has 0 amide bonds. The third-order valence-corrected chi connectivity index (χ3v) is 5.43. The van der Waals surface area contributed by atoms with Crippen molar-refractivity contribution in [3.63, 3.8) is 0 Å². The van der Waals surface area contributed by atoms with Crippen molar-refractivity contribution in [2.75, 3.05) is 13.7 Å². The molecule has 0 bridgehead atoms. The zero-order valence-corrected chi connectivity index (χ0v) is 17.6. The molecule has 32 heavy (non-hydrogen) atoms. The molecule has 4 aromatic rings. The Morgan fingerprint density at radius 3 is 2.72 bits per heavy atom. The van der Waals surface area contributed by atoms with E-state index in [2.05, 4.69) is 4.98 Å². The summed E-state index contributed by atoms with van der Waals surface area (Å²) in [5.74, 6) is 2.55. The van der Waals surface area contributed by atoms with Crippen LogP contribution in [0, 0.1) is 0 Å². The van der Waals surface area contributed by atoms with Crippen LogP contribution in [0.15, 0.2) is 78.9 Å². The molecule has 5 rings (SSSR count). The standard InChI is InChI=1S/C26H23NO5/c1-29-19-6-4-7-21(13-19)32-25-16-31-24-12-11-20(14-22(24)26(25)28)30-15-18-10-9-17-5-2-3-8-23(17)27-18/h2-14,25-26,28H,15-16H2,1H3/t25-,26+/m0/s1. The van der Waals surface area contributed by atoms with Crippen molar-refractivity contribution < 1.29 is 24.1 Å². The molecule has 2 heterocycles. The van der Waals surface area contributed by atoms with Crippen molar-refractivity contribution in [1.29, 1.82) is 0 Å². The highest BCUT2D eigenvalue weighted by atomic mass is 16.5. The monoisotopic (exact) mass is 429 g/mol. The van der Waals surface area contributed by atoms with Gasteiger partial charge in [0, 0.05) is 17.0 Å². The van der Waals surface area contributed by atoms with E-state index >= 15 is 0 Å². The highest BCUT2D eigenvalue weighted by Gasteiger charge is 2.31. The van der Waals surface area contributed by atoms with Gasteiger partial charge in [0.2, 0.25) is 0 Å². The van der Waals surface area contributed by atoms with Gasteiger partial charge in [0.05, 0.1) is 18.3 Å². The van der Waals surface area contributed by atoms with Gasteiger partial charge in [0.25, 0.3) is 0 Å². The van der Waals surface area contributed by atoms with Gasteiger partial charge < -0.3 is 24.1 Å². The summed E-state index contributed by atoms with van der Waals surface area (Å²) in [6.45, 7) is 0.566. The van der Waals surface area contributed by atoms with Crippen molar-refractivity contribution in [1.82, 2.24) is 4.98 Å². The number of nitrogens with zero attached hydrogens (tertiary/aromatic N) is 1. The number of rotatable bonds is 6. The smallest absolute Gasteiger partial charge is 0.163 e. The number of ether oxygens (including phenoxy) is 4. The number of fused-ring (bicyclic) bond motifs is 2. The van der Waals surface area contributed by atoms with Crippen molar-refractivity contribution >= 4 is 10.9 Å². The van der Waals surface area contributed by atoms with E-state index in [-0.39, 0.29) is 6.61 Å². The van der Waals surface area contributed by atoms with Gasteiger partial charge in [-0.25, -0.2) is 4.98 Å². The fourth-order valence-electron chi connectivity index (χ4n) is 3.74. The maximum Gasteiger partial charge on any atom is 0.163 e. The van der Waals surface area contributed by atoms with Gasteiger partial charge in [0.15, 0.2) is 6.10 Å². The molecule has 0 fully saturated rings. The van der Waals surface area contributed by atoms with Gasteiger partial charge in [-0.1, -0.05) is 30.3 Å². The molecule has 1 aliphatic rings. The first kappa shape index (κ1) is 20.2. The highest BCUT2D eigenvalue weighted by molar-refractivity contribution is 5.78. The zero-order chi connectivity index (χ0) is 21.9. The first-order chi connectivity index (χ1) is 15.7. The maximum atomic E-state index is 10.9. The number of aromatic nitrogens is 1. The molecule has 6 nitrogen and oxygen atoms in total. The van der Waals surface area contributed by atoms with E-state index in [0.717, 1.165) is 16.6 Å². The molecule has 0 aliphatic carbocycles. The molecule has 0 unspecified atom stereocenters. The van der Waals surface area contributed by atoms with Gasteiger partial charge in [-0.15, -0.1) is 0 Å². The average molecular weight is 429 g/mol. The molecule has 162 valence electrons. The number of aliphatic hydroxyl groups excluding tert-OH is 1. The van der Waals surface area contributed by atoms with Gasteiger partial charge in [0.1, 0.15) is 42.3 Å². The molecule has 0 spiro atoms. The van der Waals surface area contributed by atoms with Crippen molar-refractivity contribution in [2.45, 2.75) is 18.8 Å². The van der Waals surface area contributed by atoms with Crippen LogP contribution in [0.5, 0.6) is 23.0 Å². The second-order valence-corrected chi connectivity index (χ2v) is 7.57. The Morgan fingerprint density at radius 1 is 0.938 bits per heavy atom. The molecule has 2 atom stereocenters. The Bertz CT molecular complexity index is 1240. The van der Waals surface area contributed by atoms with E-state index in [1.54, 1.807) is 19.2 Å². The molecule has 0 radical (unpaired) electrons. The van der Waals surface area contributed by atoms with Crippen molar-refractivity contribution in [2.24, 2.45) is 0 Å². The number of methoxy groups -OCH3 is 1. The molecular formula is C26H23NO5. The highest BCUT2D eigenvalue weighted by Crippen LogP contribution is 2.37. The summed E-state index contributed by atoms with van der Waals surface area (Å²) in [7, 11) is 1.60. The quantitative estimate of drug-likeness (QED) is 0.479. The zero-order valence-electron chi connectivity index (χ0n) is 17.6. The number of para-hydroxylation sites is 1. The fourth-order valence-corrected chi connectivity index (χ4v) is 3.74. The molecule has 0 saturated carbocycles. The topological polar surface area (TPSA) is 70.0 Å². The van der Waals surface area contributed by atoms with Crippen molar-refractivity contribution in [3.8, 4) is 23.0 Å². The van der Waals surface area contributed by atoms with E-state index in [9.17, 15) is 5.11 Å². The van der Waals surface area contributed by atoms with Gasteiger partial charge >= 0.3 is 0 Å². The number of hydrogen-bond donors (Lipinski definition) is 1. The number of benzene rings is 3. The van der Waals surface area contributed by atoms with Gasteiger partial charge in [-0.2, -0.15) is 0 Å². The first-order valence-electron chi connectivity index (χ1n) is 10.4. The van der Waals surface area contributed by atoms with Gasteiger partial charge in [-0.05, 0) is 42.5 Å². The lowest BCUT2D eigenvalue weighted by Gasteiger charge is -2.31. The van der Waals surface area contributed by atoms with Crippen LogP contribution in [0.2, 0.25) is 0 Å². The number of pyridine rings is 1. The Kier molecular flexibility index (Phi) is 5.52. The molecule has 1 aromatic heterocycles. The third-order valence-electron chi connectivity index (χ3n) is 5.43. The lowest BCUT2D eigenvalue weighted by atomic mass is 10.0. The largest absolute Gasteiger partial charge is 0.497 e. The summed E-state index contributed by atoms with van der Waals surface area (Å²) in [6.07, 6.45) is -1.40. The van der Waals surface area contributed by atoms with E-state index in [1.165, 1.54) is 0 Å². The van der Waals surface area contributed by atoms with Crippen LogP contribution in [0.1, 0.15) is 17.4 Å². The normalized spacial score (nSPS) is 17.3. The van der Waals surface area contributed by atoms with E-state index < -0.39 is 12.2 Å². The fraction of sp³-hybridized carbons (Fsp3) is 0.192. The summed E-state index contributed by atoms with van der Waals surface area (Å²) in [5, 5.41) is 12.0. The molecule has 3 aromatic carbocycles. The SMILES string of the molecule is COc1cccc(O[C@H]2COc3ccc(OCc4ccc5ccccc5n4)cc3[C@H]2O)c1. The number of hydrogen-bond acceptors (Lipinski definition) is 6. The minimum absolute atomic E-state index is 0.243. The predicted molar refractivity (Wildman–Crippen MR) is 120 cm³/mol. The maximum absolute atomic E-state index is 10.9. The molecule has 0 saturated heterocycles. The predicted octanol–water partition coefficient (Wildman–Crippen LogP) is 4.70. The second-order valence-electron chi connectivity index (χ2n) is 7.57. The van der Waals surface area contributed by atoms with E-state index in [0.29, 0.717) is 35.2 Å². The summed E-state index contributed by atoms with van der Waals surface area (Å²) in [6, 6.07) is 24.7. The van der Waals surface area contributed by atoms with Crippen LogP contribution >= 0.6 is 0 Å². The average Bonchev–Trinajstić information content (AvgIpc) is 2.84. The van der Waals surface area contributed by atoms with Crippen LogP contribution < -0.4 is 18.9 Å². The molecule has 6 heteroatoms. The summed E-state index contributed by atoms with van der Waals surface area (Å²) in [4.78, 5) is 4.64. The Labute approximate surface area is 186 Å². The number of aliphatic hydroxyl groups is 1. The lowest BCUT2D eigenvalue weighted by Crippen LogP contribution is -2.35. The molecule has 1 aliphatic heterocycles. The Morgan fingerprint density at radius 2 is 1.81 bits per heavy atom. The second kappa shape index (κ2) is 8.77. The summed E-state index contributed by atoms with van der Waals surface area (Å²) in [5.41, 5.74) is 2.39.